The summed E-state index contributed by atoms with van der Waals surface area (Å²) >= 11 is 0. The zero-order chi connectivity index (χ0) is 13.0. The van der Waals surface area contributed by atoms with Crippen LogP contribution in [-0.2, 0) is 6.54 Å². The van der Waals surface area contributed by atoms with E-state index in [2.05, 4.69) is 5.32 Å². The van der Waals surface area contributed by atoms with Gasteiger partial charge in [0.25, 0.3) is 0 Å². The molecule has 2 unspecified atom stereocenters. The first-order valence-electron chi connectivity index (χ1n) is 6.30. The third kappa shape index (κ3) is 3.06. The van der Waals surface area contributed by atoms with Gasteiger partial charge in [0.2, 0.25) is 0 Å². The molecular formula is C14H17FN2O. The van der Waals surface area contributed by atoms with E-state index in [1.165, 1.54) is 12.1 Å². The highest BCUT2D eigenvalue weighted by atomic mass is 19.1. The first kappa shape index (κ1) is 13.0. The van der Waals surface area contributed by atoms with E-state index in [1.807, 2.05) is 6.07 Å². The zero-order valence-corrected chi connectivity index (χ0v) is 10.2. The minimum atomic E-state index is -0.346. The van der Waals surface area contributed by atoms with E-state index >= 15 is 0 Å². The number of aliphatic hydroxyl groups is 1. The fourth-order valence-corrected chi connectivity index (χ4v) is 2.37. The van der Waals surface area contributed by atoms with Crippen LogP contribution in [0.5, 0.6) is 0 Å². The molecule has 1 aliphatic rings. The average molecular weight is 248 g/mol. The summed E-state index contributed by atoms with van der Waals surface area (Å²) < 4.78 is 13.5. The van der Waals surface area contributed by atoms with Crippen LogP contribution in [0.3, 0.4) is 0 Å². The Balaban J connectivity index is 1.99. The molecule has 0 heterocycles. The van der Waals surface area contributed by atoms with Gasteiger partial charge in [-0.25, -0.2) is 4.39 Å². The summed E-state index contributed by atoms with van der Waals surface area (Å²) in [5.74, 6) is -0.313. The Morgan fingerprint density at radius 1 is 1.39 bits per heavy atom. The zero-order valence-electron chi connectivity index (χ0n) is 10.2. The highest BCUT2D eigenvalue weighted by molar-refractivity contribution is 5.33. The molecule has 0 aromatic heterocycles. The number of hydrogen-bond donors (Lipinski definition) is 2. The van der Waals surface area contributed by atoms with Crippen molar-refractivity contribution in [3.05, 3.63) is 35.1 Å². The van der Waals surface area contributed by atoms with E-state index in [0.29, 0.717) is 17.7 Å². The molecular weight excluding hydrogens is 231 g/mol. The maximum Gasteiger partial charge on any atom is 0.127 e. The third-order valence-electron chi connectivity index (χ3n) is 3.46. The summed E-state index contributed by atoms with van der Waals surface area (Å²) in [6, 6.07) is 6.36. The second kappa shape index (κ2) is 5.94. The number of aliphatic hydroxyl groups excluding tert-OH is 1. The number of halogens is 1. The van der Waals surface area contributed by atoms with Crippen LogP contribution in [0.15, 0.2) is 18.2 Å². The van der Waals surface area contributed by atoms with Crippen molar-refractivity contribution in [3.63, 3.8) is 0 Å². The Morgan fingerprint density at radius 3 is 2.89 bits per heavy atom. The largest absolute Gasteiger partial charge is 0.392 e. The first-order valence-corrected chi connectivity index (χ1v) is 6.30. The van der Waals surface area contributed by atoms with Gasteiger partial charge in [-0.15, -0.1) is 0 Å². The summed E-state index contributed by atoms with van der Waals surface area (Å²) in [5.41, 5.74) is 0.934. The number of rotatable bonds is 3. The van der Waals surface area contributed by atoms with Crippen LogP contribution in [0.2, 0.25) is 0 Å². The van der Waals surface area contributed by atoms with Crippen LogP contribution in [0, 0.1) is 17.1 Å². The molecule has 0 aliphatic heterocycles. The molecule has 1 aromatic rings. The van der Waals surface area contributed by atoms with Crippen molar-refractivity contribution in [2.75, 3.05) is 0 Å². The molecule has 96 valence electrons. The lowest BCUT2D eigenvalue weighted by atomic mass is 9.92. The lowest BCUT2D eigenvalue weighted by molar-refractivity contribution is 0.0901. The molecule has 2 atom stereocenters. The fourth-order valence-electron chi connectivity index (χ4n) is 2.37. The minimum absolute atomic E-state index is 0.0314. The van der Waals surface area contributed by atoms with Gasteiger partial charge in [-0.3, -0.25) is 0 Å². The number of nitrogens with one attached hydrogen (secondary N) is 1. The lowest BCUT2D eigenvalue weighted by Crippen LogP contribution is -2.41. The third-order valence-corrected chi connectivity index (χ3v) is 3.46. The van der Waals surface area contributed by atoms with E-state index in [0.717, 1.165) is 25.7 Å². The topological polar surface area (TPSA) is 56.0 Å². The molecule has 1 aliphatic carbocycles. The van der Waals surface area contributed by atoms with Crippen LogP contribution in [0.25, 0.3) is 0 Å². The smallest absolute Gasteiger partial charge is 0.127 e. The van der Waals surface area contributed by atoms with Crippen molar-refractivity contribution in [3.8, 4) is 6.07 Å². The molecule has 2 N–H and O–H groups in total. The molecule has 4 heteroatoms. The lowest BCUT2D eigenvalue weighted by Gasteiger charge is -2.28. The summed E-state index contributed by atoms with van der Waals surface area (Å²) in [7, 11) is 0. The van der Waals surface area contributed by atoms with Crippen molar-refractivity contribution in [1.82, 2.24) is 5.32 Å². The number of hydrogen-bond acceptors (Lipinski definition) is 3. The standard InChI is InChI=1S/C14H17FN2O/c15-12-6-5-10(8-16)7-11(12)9-17-13-3-1-2-4-14(13)18/h5-7,13-14,17-18H,1-4,9H2. The van der Waals surface area contributed by atoms with Crippen LogP contribution in [0.1, 0.15) is 36.8 Å². The second-order valence-corrected chi connectivity index (χ2v) is 4.76. The van der Waals surface area contributed by atoms with Crippen molar-refractivity contribution < 1.29 is 9.50 Å². The van der Waals surface area contributed by atoms with Crippen molar-refractivity contribution in [1.29, 1.82) is 5.26 Å². The normalized spacial score (nSPS) is 23.6. The molecule has 0 saturated heterocycles. The van der Waals surface area contributed by atoms with E-state index in [9.17, 15) is 9.50 Å². The Morgan fingerprint density at radius 2 is 2.17 bits per heavy atom. The van der Waals surface area contributed by atoms with Gasteiger partial charge in [0.05, 0.1) is 17.7 Å². The Kier molecular flexibility index (Phi) is 4.29. The predicted molar refractivity (Wildman–Crippen MR) is 66.2 cm³/mol. The Hall–Kier alpha value is -1.44. The highest BCUT2D eigenvalue weighted by Gasteiger charge is 2.22. The summed E-state index contributed by atoms with van der Waals surface area (Å²) in [5, 5.41) is 21.8. The van der Waals surface area contributed by atoms with Crippen LogP contribution in [-0.4, -0.2) is 17.3 Å². The van der Waals surface area contributed by atoms with Crippen LogP contribution < -0.4 is 5.32 Å². The Bertz CT molecular complexity index is 456. The van der Waals surface area contributed by atoms with Gasteiger partial charge in [-0.1, -0.05) is 12.8 Å². The fraction of sp³-hybridized carbons (Fsp3) is 0.500. The van der Waals surface area contributed by atoms with Gasteiger partial charge in [-0.05, 0) is 31.0 Å². The summed E-state index contributed by atoms with van der Waals surface area (Å²) in [6.07, 6.45) is 3.52. The summed E-state index contributed by atoms with van der Waals surface area (Å²) in [6.45, 7) is 0.350. The van der Waals surface area contributed by atoms with E-state index in [1.54, 1.807) is 6.07 Å². The molecule has 18 heavy (non-hydrogen) atoms. The van der Waals surface area contributed by atoms with Gasteiger partial charge in [-0.2, -0.15) is 5.26 Å². The predicted octanol–water partition coefficient (Wildman–Crippen LogP) is 2.09. The monoisotopic (exact) mass is 248 g/mol. The quantitative estimate of drug-likeness (QED) is 0.861. The Labute approximate surface area is 106 Å². The van der Waals surface area contributed by atoms with Gasteiger partial charge in [0.1, 0.15) is 5.82 Å². The molecule has 1 aromatic carbocycles. The van der Waals surface area contributed by atoms with Crippen molar-refractivity contribution >= 4 is 0 Å². The van der Waals surface area contributed by atoms with Crippen LogP contribution >= 0.6 is 0 Å². The first-order chi connectivity index (χ1) is 8.70. The van der Waals surface area contributed by atoms with E-state index in [-0.39, 0.29) is 18.0 Å². The molecule has 1 fully saturated rings. The molecule has 1 saturated carbocycles. The molecule has 2 rings (SSSR count). The minimum Gasteiger partial charge on any atom is -0.392 e. The number of nitriles is 1. The van der Waals surface area contributed by atoms with Gasteiger partial charge >= 0.3 is 0 Å². The molecule has 3 nitrogen and oxygen atoms in total. The SMILES string of the molecule is N#Cc1ccc(F)c(CNC2CCCCC2O)c1. The second-order valence-electron chi connectivity index (χ2n) is 4.76. The molecule has 0 spiro atoms. The van der Waals surface area contributed by atoms with Gasteiger partial charge in [0, 0.05) is 18.2 Å². The summed E-state index contributed by atoms with van der Waals surface area (Å²) in [4.78, 5) is 0. The number of benzene rings is 1. The highest BCUT2D eigenvalue weighted by Crippen LogP contribution is 2.19. The molecule has 0 radical (unpaired) electrons. The van der Waals surface area contributed by atoms with E-state index in [4.69, 9.17) is 5.26 Å². The maximum atomic E-state index is 13.5. The molecule has 0 bridgehead atoms. The molecule has 0 amide bonds. The van der Waals surface area contributed by atoms with Gasteiger partial charge in [0.15, 0.2) is 0 Å². The van der Waals surface area contributed by atoms with Crippen molar-refractivity contribution in [2.24, 2.45) is 0 Å². The maximum absolute atomic E-state index is 13.5. The van der Waals surface area contributed by atoms with Crippen molar-refractivity contribution in [2.45, 2.75) is 44.4 Å². The van der Waals surface area contributed by atoms with Crippen LogP contribution in [0.4, 0.5) is 4.39 Å². The van der Waals surface area contributed by atoms with E-state index < -0.39 is 0 Å². The average Bonchev–Trinajstić information content (AvgIpc) is 2.39. The number of nitrogens with zero attached hydrogens (tertiary/aromatic N) is 1. The van der Waals surface area contributed by atoms with Gasteiger partial charge < -0.3 is 10.4 Å².